The molecule has 9 heteroatoms. The summed E-state index contributed by atoms with van der Waals surface area (Å²) in [5.74, 6) is -2.14. The van der Waals surface area contributed by atoms with Crippen LogP contribution in [0.1, 0.15) is 6.92 Å². The number of nitrogens with two attached hydrogens (primary N) is 1. The zero-order valence-electron chi connectivity index (χ0n) is 6.95. The Hall–Kier alpha value is -1.12. The highest BCUT2D eigenvalue weighted by Crippen LogP contribution is 2.24. The predicted molar refractivity (Wildman–Crippen MR) is 41.8 cm³/mol. The zero-order valence-corrected chi connectivity index (χ0v) is 7.76. The van der Waals surface area contributed by atoms with Crippen LogP contribution in [0.2, 0.25) is 0 Å². The van der Waals surface area contributed by atoms with Gasteiger partial charge in [-0.3, -0.25) is 4.79 Å². The van der Waals surface area contributed by atoms with E-state index < -0.39 is 27.4 Å². The Bertz CT molecular complexity index is 346. The van der Waals surface area contributed by atoms with Crippen LogP contribution >= 0.6 is 0 Å². The van der Waals surface area contributed by atoms with E-state index in [-0.39, 0.29) is 0 Å². The van der Waals surface area contributed by atoms with Crippen molar-refractivity contribution >= 4 is 22.1 Å². The Morgan fingerprint density at radius 3 is 2.21 bits per heavy atom. The second-order valence-electron chi connectivity index (χ2n) is 2.37. The molecule has 0 aromatic heterocycles. The summed E-state index contributed by atoms with van der Waals surface area (Å²) in [6.45, 7) is 1.12. The maximum absolute atomic E-state index is 11.7. The molecule has 0 saturated carbocycles. The average molecular weight is 232 g/mol. The van der Waals surface area contributed by atoms with E-state index in [0.29, 0.717) is 6.21 Å². The maximum atomic E-state index is 11.7. The van der Waals surface area contributed by atoms with Crippen LogP contribution in [0.4, 0.5) is 13.2 Å². The van der Waals surface area contributed by atoms with Gasteiger partial charge in [-0.15, -0.1) is 0 Å². The fourth-order valence-corrected chi connectivity index (χ4v) is 0.767. The van der Waals surface area contributed by atoms with Crippen molar-refractivity contribution in [2.75, 3.05) is 0 Å². The molecule has 0 fully saturated rings. The third-order valence-electron chi connectivity index (χ3n) is 1.16. The van der Waals surface area contributed by atoms with Gasteiger partial charge in [0.15, 0.2) is 0 Å². The molecule has 0 bridgehead atoms. The van der Waals surface area contributed by atoms with Crippen LogP contribution in [0.5, 0.6) is 0 Å². The van der Waals surface area contributed by atoms with E-state index in [2.05, 4.69) is 10.1 Å². The Morgan fingerprint density at radius 2 is 1.93 bits per heavy atom. The number of hydrogen-bond donors (Lipinski definition) is 1. The van der Waals surface area contributed by atoms with Crippen LogP contribution in [0.15, 0.2) is 4.40 Å². The van der Waals surface area contributed by atoms with E-state index in [0.717, 1.165) is 6.92 Å². The van der Waals surface area contributed by atoms with Gasteiger partial charge >= 0.3 is 15.5 Å². The molecule has 0 spiro atoms. The molecule has 82 valence electrons. The van der Waals surface area contributed by atoms with Crippen molar-refractivity contribution in [3.05, 3.63) is 0 Å². The SMILES string of the molecule is CC(C=NS(=O)(=O)C(F)(F)F)C(N)=O. The van der Waals surface area contributed by atoms with Crippen molar-refractivity contribution in [3.8, 4) is 0 Å². The molecule has 0 aliphatic carbocycles. The molecule has 1 amide bonds. The minimum Gasteiger partial charge on any atom is -0.369 e. The lowest BCUT2D eigenvalue weighted by Gasteiger charge is -2.03. The molecule has 1 atom stereocenters. The van der Waals surface area contributed by atoms with Crippen LogP contribution in [0.3, 0.4) is 0 Å². The third-order valence-corrected chi connectivity index (χ3v) is 2.15. The first kappa shape index (κ1) is 12.9. The topological polar surface area (TPSA) is 89.6 Å². The summed E-state index contributed by atoms with van der Waals surface area (Å²) in [6, 6.07) is 0. The quantitative estimate of drug-likeness (QED) is 0.696. The van der Waals surface area contributed by atoms with E-state index in [1.165, 1.54) is 0 Å². The number of primary amides is 1. The van der Waals surface area contributed by atoms with Gasteiger partial charge in [-0.05, 0) is 6.92 Å². The number of nitrogens with zero attached hydrogens (tertiary/aromatic N) is 1. The molecule has 0 radical (unpaired) electrons. The average Bonchev–Trinajstić information content (AvgIpc) is 1.97. The first-order valence-corrected chi connectivity index (χ1v) is 4.68. The van der Waals surface area contributed by atoms with Crippen LogP contribution in [-0.4, -0.2) is 26.0 Å². The number of alkyl halides is 3. The van der Waals surface area contributed by atoms with Crippen molar-refractivity contribution in [2.24, 2.45) is 16.0 Å². The predicted octanol–water partition coefficient (Wildman–Crippen LogP) is 0.0282. The van der Waals surface area contributed by atoms with Crippen LogP contribution in [0, 0.1) is 5.92 Å². The fourth-order valence-electron chi connectivity index (χ4n) is 0.305. The van der Waals surface area contributed by atoms with E-state index in [4.69, 9.17) is 0 Å². The molecule has 0 aromatic carbocycles. The minimum absolute atomic E-state index is 0.338. The van der Waals surface area contributed by atoms with Crippen molar-refractivity contribution in [1.82, 2.24) is 0 Å². The molecule has 0 aliphatic heterocycles. The second kappa shape index (κ2) is 3.95. The smallest absolute Gasteiger partial charge is 0.369 e. The number of amides is 1. The van der Waals surface area contributed by atoms with Gasteiger partial charge in [0.1, 0.15) is 0 Å². The number of halogens is 3. The molecule has 0 heterocycles. The molecule has 1 unspecified atom stereocenters. The van der Waals surface area contributed by atoms with Gasteiger partial charge in [0.05, 0.1) is 5.92 Å². The molecule has 5 nitrogen and oxygen atoms in total. The van der Waals surface area contributed by atoms with Gasteiger partial charge in [0.25, 0.3) is 0 Å². The highest BCUT2D eigenvalue weighted by molar-refractivity contribution is 7.91. The van der Waals surface area contributed by atoms with E-state index in [1.54, 1.807) is 0 Å². The molecule has 0 rings (SSSR count). The molecular formula is C5H7F3N2O3S. The van der Waals surface area contributed by atoms with Crippen LogP contribution in [-0.2, 0) is 14.8 Å². The maximum Gasteiger partial charge on any atom is 0.518 e. The summed E-state index contributed by atoms with van der Waals surface area (Å²) in [5.41, 5.74) is -0.789. The van der Waals surface area contributed by atoms with E-state index >= 15 is 0 Å². The van der Waals surface area contributed by atoms with Gasteiger partial charge in [-0.1, -0.05) is 0 Å². The lowest BCUT2D eigenvalue weighted by atomic mass is 10.2. The second-order valence-corrected chi connectivity index (χ2v) is 3.99. The monoisotopic (exact) mass is 232 g/mol. The van der Waals surface area contributed by atoms with Gasteiger partial charge in [0, 0.05) is 6.21 Å². The zero-order chi connectivity index (χ0) is 11.6. The summed E-state index contributed by atoms with van der Waals surface area (Å²) in [6.07, 6.45) is 0.338. The minimum atomic E-state index is -5.56. The van der Waals surface area contributed by atoms with Crippen molar-refractivity contribution < 1.29 is 26.4 Å². The lowest BCUT2D eigenvalue weighted by molar-refractivity contribution is -0.119. The van der Waals surface area contributed by atoms with Crippen molar-refractivity contribution in [2.45, 2.75) is 12.4 Å². The molecule has 0 saturated heterocycles. The summed E-state index contributed by atoms with van der Waals surface area (Å²) < 4.78 is 57.9. The molecule has 14 heavy (non-hydrogen) atoms. The Balaban J connectivity index is 4.79. The largest absolute Gasteiger partial charge is 0.518 e. The van der Waals surface area contributed by atoms with Gasteiger partial charge in [-0.2, -0.15) is 26.0 Å². The first-order valence-electron chi connectivity index (χ1n) is 3.24. The highest BCUT2D eigenvalue weighted by atomic mass is 32.2. The summed E-state index contributed by atoms with van der Waals surface area (Å²) in [7, 11) is -5.56. The Morgan fingerprint density at radius 1 is 1.50 bits per heavy atom. The normalized spacial score (nSPS) is 15.7. The van der Waals surface area contributed by atoms with Gasteiger partial charge in [0.2, 0.25) is 5.91 Å². The first-order chi connectivity index (χ1) is 6.08. The summed E-state index contributed by atoms with van der Waals surface area (Å²) >= 11 is 0. The van der Waals surface area contributed by atoms with E-state index in [9.17, 15) is 26.4 Å². The third kappa shape index (κ3) is 3.32. The fraction of sp³-hybridized carbons (Fsp3) is 0.600. The van der Waals surface area contributed by atoms with Gasteiger partial charge in [-0.25, -0.2) is 0 Å². The molecule has 2 N–H and O–H groups in total. The number of sulfonamides is 1. The van der Waals surface area contributed by atoms with Crippen LogP contribution in [0.25, 0.3) is 0 Å². The van der Waals surface area contributed by atoms with Crippen molar-refractivity contribution in [1.29, 1.82) is 0 Å². The summed E-state index contributed by atoms with van der Waals surface area (Å²) in [5, 5.41) is 0. The number of rotatable bonds is 3. The Labute approximate surface area is 77.9 Å². The lowest BCUT2D eigenvalue weighted by Crippen LogP contribution is -2.24. The van der Waals surface area contributed by atoms with Gasteiger partial charge < -0.3 is 5.73 Å². The number of carbonyl (C=O) groups is 1. The highest BCUT2D eigenvalue weighted by Gasteiger charge is 2.45. The molecule has 0 aromatic rings. The van der Waals surface area contributed by atoms with Crippen LogP contribution < -0.4 is 5.73 Å². The number of hydrogen-bond acceptors (Lipinski definition) is 3. The van der Waals surface area contributed by atoms with E-state index in [1.807, 2.05) is 0 Å². The summed E-state index contributed by atoms with van der Waals surface area (Å²) in [4.78, 5) is 10.3. The molecular weight excluding hydrogens is 225 g/mol. The molecule has 0 aliphatic rings. The van der Waals surface area contributed by atoms with Crippen molar-refractivity contribution in [3.63, 3.8) is 0 Å². The number of carbonyl (C=O) groups excluding carboxylic acids is 1. The standard InChI is InChI=1S/C5H7F3N2O3S/c1-3(4(9)11)2-10-14(12,13)5(6,7)8/h2-3H,1H3,(H2,9,11). The Kier molecular flexibility index (Phi) is 3.63.